The molecule has 0 saturated carbocycles. The van der Waals surface area contributed by atoms with Gasteiger partial charge in [-0.25, -0.2) is 4.68 Å². The Bertz CT molecular complexity index is 1800. The van der Waals surface area contributed by atoms with Crippen LogP contribution >= 0.6 is 11.8 Å². The first-order valence-corrected chi connectivity index (χ1v) is 32.5. The monoisotopic (exact) mass is 1170 g/mol. The van der Waals surface area contributed by atoms with Crippen molar-refractivity contribution in [2.45, 2.75) is 306 Å². The van der Waals surface area contributed by atoms with Crippen molar-refractivity contribution in [3.63, 3.8) is 0 Å². The van der Waals surface area contributed by atoms with Crippen molar-refractivity contribution in [2.24, 2.45) is 0 Å². The molecule has 2 aliphatic rings. The van der Waals surface area contributed by atoms with Gasteiger partial charge in [0, 0.05) is 30.8 Å². The average Bonchev–Trinajstić information content (AvgIpc) is 3.94. The van der Waals surface area contributed by atoms with Crippen LogP contribution in [0.5, 0.6) is 0 Å². The minimum Gasteiger partial charge on any atom is -0.462 e. The molecule has 2 saturated heterocycles. The molecule has 2 fully saturated rings. The number of anilines is 1. The van der Waals surface area contributed by atoms with Crippen molar-refractivity contribution in [1.82, 2.24) is 20.3 Å². The number of esters is 2. The number of carbonyl (C=O) groups is 4. The number of rotatable bonds is 48. The first-order chi connectivity index (χ1) is 39.3. The summed E-state index contributed by atoms with van der Waals surface area (Å²) in [6.45, 7) is 4.95. The number of aromatic nitrogens is 3. The predicted molar refractivity (Wildman–Crippen MR) is 310 cm³/mol. The number of unbranched alkanes of at least 4 members (excludes halogenated alkanes) is 27. The molecular formula is C59H107N5O16S. The molecule has 0 aromatic carbocycles. The van der Waals surface area contributed by atoms with Gasteiger partial charge in [-0.1, -0.05) is 199 Å². The maximum absolute atomic E-state index is 14.1. The molecule has 0 aliphatic carbocycles. The second-order valence-electron chi connectivity index (χ2n) is 22.3. The lowest BCUT2D eigenvalue weighted by Crippen LogP contribution is -2.63. The first kappa shape index (κ1) is 72.2. The van der Waals surface area contributed by atoms with E-state index in [0.29, 0.717) is 19.3 Å². The van der Waals surface area contributed by atoms with Crippen LogP contribution < -0.4 is 10.6 Å². The molecule has 2 aliphatic heterocycles. The third kappa shape index (κ3) is 29.6. The van der Waals surface area contributed by atoms with Gasteiger partial charge in [-0.3, -0.25) is 19.2 Å². The van der Waals surface area contributed by atoms with Gasteiger partial charge in [-0.15, -0.1) is 5.10 Å². The molecule has 0 radical (unpaired) electrons. The van der Waals surface area contributed by atoms with Crippen LogP contribution in [-0.2, 0) is 42.9 Å². The summed E-state index contributed by atoms with van der Waals surface area (Å²) in [5.41, 5.74) is 0. The summed E-state index contributed by atoms with van der Waals surface area (Å²) >= 11 is 1.25. The molecule has 3 rings (SSSR count). The molecule has 1 aromatic heterocycles. The van der Waals surface area contributed by atoms with Crippen molar-refractivity contribution >= 4 is 41.3 Å². The molecule has 470 valence electrons. The molecular weight excluding hydrogens is 1070 g/mol. The molecule has 0 bridgehead atoms. The number of nitrogens with one attached hydrogen (secondary N) is 2. The number of amides is 2. The van der Waals surface area contributed by atoms with E-state index < -0.39 is 98.6 Å². The zero-order chi connectivity index (χ0) is 59.0. The van der Waals surface area contributed by atoms with Gasteiger partial charge in [0.05, 0.1) is 19.4 Å². The van der Waals surface area contributed by atoms with Gasteiger partial charge in [0.2, 0.25) is 11.8 Å². The largest absolute Gasteiger partial charge is 0.462 e. The van der Waals surface area contributed by atoms with Crippen LogP contribution in [0.4, 0.5) is 5.82 Å². The molecule has 9 unspecified atom stereocenters. The zero-order valence-corrected chi connectivity index (χ0v) is 50.2. The van der Waals surface area contributed by atoms with Gasteiger partial charge in [-0.05, 0) is 19.3 Å². The number of ether oxygens (including phenoxy) is 5. The number of aliphatic hydroxyl groups excluding tert-OH is 7. The number of hydrogen-bond acceptors (Lipinski definition) is 19. The molecule has 9 N–H and O–H groups in total. The van der Waals surface area contributed by atoms with E-state index in [9.17, 15) is 54.9 Å². The topological polar surface area (TPSA) is 311 Å². The Hall–Kier alpha value is -3.03. The number of hydrogen-bond donors (Lipinski definition) is 9. The molecule has 81 heavy (non-hydrogen) atoms. The Morgan fingerprint density at radius 1 is 0.580 bits per heavy atom. The maximum Gasteiger partial charge on any atom is 0.306 e. The lowest BCUT2D eigenvalue weighted by molar-refractivity contribution is -0.347. The summed E-state index contributed by atoms with van der Waals surface area (Å²) < 4.78 is 29.6. The second-order valence-corrected chi connectivity index (χ2v) is 23.4. The summed E-state index contributed by atoms with van der Waals surface area (Å²) in [4.78, 5) is 53.7. The Morgan fingerprint density at radius 3 is 1.57 bits per heavy atom. The van der Waals surface area contributed by atoms with E-state index >= 15 is 0 Å². The fraction of sp³-hybridized carbons (Fsp3) is 0.898. The van der Waals surface area contributed by atoms with E-state index in [-0.39, 0.29) is 55.1 Å². The minimum absolute atomic E-state index is 0.0352. The van der Waals surface area contributed by atoms with E-state index in [1.54, 1.807) is 0 Å². The van der Waals surface area contributed by atoms with Crippen LogP contribution in [0, 0.1) is 0 Å². The van der Waals surface area contributed by atoms with Crippen LogP contribution in [0.15, 0.2) is 6.20 Å². The van der Waals surface area contributed by atoms with Crippen molar-refractivity contribution in [3.05, 3.63) is 6.20 Å². The lowest BCUT2D eigenvalue weighted by atomic mass is 9.96. The van der Waals surface area contributed by atoms with Crippen LogP contribution in [0.3, 0.4) is 0 Å². The van der Waals surface area contributed by atoms with Gasteiger partial charge in [0.1, 0.15) is 67.6 Å². The Kier molecular flexibility index (Phi) is 39.6. The van der Waals surface area contributed by atoms with Gasteiger partial charge in [0.25, 0.3) is 0 Å². The van der Waals surface area contributed by atoms with Crippen LogP contribution in [-0.4, -0.2) is 173 Å². The molecule has 0 spiro atoms. The molecule has 22 heteroatoms. The first-order valence-electron chi connectivity index (χ1n) is 31.3. The molecule has 21 nitrogen and oxygen atoms in total. The van der Waals surface area contributed by atoms with Crippen molar-refractivity contribution in [2.75, 3.05) is 36.6 Å². The van der Waals surface area contributed by atoms with Crippen molar-refractivity contribution in [3.8, 4) is 0 Å². The second kappa shape index (κ2) is 44.4. The normalized spacial score (nSPS) is 23.7. The van der Waals surface area contributed by atoms with E-state index in [1.165, 1.54) is 127 Å². The molecule has 12 atom stereocenters. The standard InChI is InChI=1S/C59H107N5O16S/c1-4-7-10-13-16-19-22-25-28-31-34-48(67)60-44(57(75)61-47-37-64(63-62-47)58-54(73)53(72)56(46(39-66)78-58)80-59-55(74)52(71)51(70)45(38-65)79-59)42-81-41-43(77-50(69)36-33-30-27-24-21-18-15-12-9-6-3)40-76-49(68)35-32-29-26-23-20-17-14-11-8-5-2/h37,43-46,51-56,58-59,65-66,70-74H,4-36,38-42H2,1-3H3,(H,60,67)(H,61,75)/t43-,44-,45?,46?,51?,52?,53?,54?,55?,56?,58-,59?/m1/s1. The maximum atomic E-state index is 14.1. The van der Waals surface area contributed by atoms with Crippen molar-refractivity contribution in [1.29, 1.82) is 0 Å². The summed E-state index contributed by atoms with van der Waals surface area (Å²) in [5.74, 6) is -1.66. The highest BCUT2D eigenvalue weighted by Gasteiger charge is 2.51. The van der Waals surface area contributed by atoms with Gasteiger partial charge < -0.3 is 70.1 Å². The highest BCUT2D eigenvalue weighted by Crippen LogP contribution is 2.33. The van der Waals surface area contributed by atoms with Crippen molar-refractivity contribution < 1.29 is 78.6 Å². The van der Waals surface area contributed by atoms with E-state index in [1.807, 2.05) is 0 Å². The van der Waals surface area contributed by atoms with E-state index in [2.05, 4.69) is 41.7 Å². The van der Waals surface area contributed by atoms with Crippen LogP contribution in [0.2, 0.25) is 0 Å². The predicted octanol–water partition coefficient (Wildman–Crippen LogP) is 7.62. The smallest absolute Gasteiger partial charge is 0.306 e. The Morgan fingerprint density at radius 2 is 1.06 bits per heavy atom. The zero-order valence-electron chi connectivity index (χ0n) is 49.4. The summed E-state index contributed by atoms with van der Waals surface area (Å²) in [7, 11) is 0. The molecule has 1 aromatic rings. The highest BCUT2D eigenvalue weighted by atomic mass is 32.2. The number of thioether (sulfide) groups is 1. The SMILES string of the molecule is CCCCCCCCCCCCC(=O)N[C@H](CSC[C@@H](COC(=O)CCCCCCCCCCCC)OC(=O)CCCCCCCCCCCC)C(=O)Nc1cn([C@@H]2OC(CO)C(OC3OC(CO)C(O)C(O)C3O)C(O)C2O)nn1. The van der Waals surface area contributed by atoms with Crippen LogP contribution in [0.1, 0.15) is 239 Å². The van der Waals surface area contributed by atoms with E-state index in [0.717, 1.165) is 68.9 Å². The number of carbonyl (C=O) groups excluding carboxylic acids is 4. The summed E-state index contributed by atoms with van der Waals surface area (Å²) in [6, 6.07) is -1.12. The Balaban J connectivity index is 1.67. The fourth-order valence-corrected chi connectivity index (χ4v) is 11.2. The average molecular weight is 1170 g/mol. The lowest BCUT2D eigenvalue weighted by Gasteiger charge is -2.45. The molecule has 3 heterocycles. The number of aliphatic hydroxyl groups is 7. The minimum atomic E-state index is -1.84. The summed E-state index contributed by atoms with van der Waals surface area (Å²) in [6.07, 6.45) is 18.1. The van der Waals surface area contributed by atoms with E-state index in [4.69, 9.17) is 23.7 Å². The Labute approximate surface area is 487 Å². The van der Waals surface area contributed by atoms with Gasteiger partial charge in [-0.2, -0.15) is 11.8 Å². The van der Waals surface area contributed by atoms with Gasteiger partial charge in [0.15, 0.2) is 18.3 Å². The summed E-state index contributed by atoms with van der Waals surface area (Å²) in [5, 5.41) is 86.8. The molecule has 2 amide bonds. The number of nitrogens with zero attached hydrogens (tertiary/aromatic N) is 3. The highest BCUT2D eigenvalue weighted by molar-refractivity contribution is 7.99. The quantitative estimate of drug-likeness (QED) is 0.0224. The third-order valence-electron chi connectivity index (χ3n) is 15.2. The third-order valence-corrected chi connectivity index (χ3v) is 16.4. The van der Waals surface area contributed by atoms with Crippen LogP contribution in [0.25, 0.3) is 0 Å². The fourth-order valence-electron chi connectivity index (χ4n) is 10.1. The van der Waals surface area contributed by atoms with Gasteiger partial charge >= 0.3 is 11.9 Å².